The maximum absolute atomic E-state index is 13.2. The number of hydrogen-bond donors (Lipinski definition) is 2. The van der Waals surface area contributed by atoms with E-state index in [-0.39, 0.29) is 18.3 Å². The van der Waals surface area contributed by atoms with Gasteiger partial charge in [0.2, 0.25) is 0 Å². The van der Waals surface area contributed by atoms with Crippen LogP contribution in [0.3, 0.4) is 0 Å². The highest BCUT2D eigenvalue weighted by molar-refractivity contribution is 9.10. The highest BCUT2D eigenvalue weighted by Gasteiger charge is 2.09. The Balaban J connectivity index is 2.08. The highest BCUT2D eigenvalue weighted by atomic mass is 79.9. The lowest BCUT2D eigenvalue weighted by Gasteiger charge is -2.09. The Labute approximate surface area is 130 Å². The smallest absolute Gasteiger partial charge is 0.251 e. The molecule has 1 amide bonds. The number of ether oxygens (including phenoxy) is 1. The second kappa shape index (κ2) is 6.58. The molecule has 2 aromatic rings. The quantitative estimate of drug-likeness (QED) is 0.831. The number of hydrogen-bond acceptors (Lipinski definition) is 3. The summed E-state index contributed by atoms with van der Waals surface area (Å²) in [7, 11) is 1.51. The van der Waals surface area contributed by atoms with Crippen molar-refractivity contribution in [2.45, 2.75) is 6.54 Å². The van der Waals surface area contributed by atoms with E-state index in [1.807, 2.05) is 0 Å². The monoisotopic (exact) mass is 352 g/mol. The molecule has 0 bridgehead atoms. The molecule has 0 saturated carbocycles. The number of amides is 1. The summed E-state index contributed by atoms with van der Waals surface area (Å²) < 4.78 is 18.9. The van der Waals surface area contributed by atoms with Gasteiger partial charge in [0.25, 0.3) is 5.91 Å². The molecule has 3 N–H and O–H groups in total. The molecule has 0 aliphatic carbocycles. The van der Waals surface area contributed by atoms with Crippen LogP contribution in [0.25, 0.3) is 0 Å². The van der Waals surface area contributed by atoms with Gasteiger partial charge in [-0.25, -0.2) is 4.39 Å². The number of nitrogen functional groups attached to an aromatic ring is 1. The summed E-state index contributed by atoms with van der Waals surface area (Å²) in [6, 6.07) is 9.09. The molecule has 110 valence electrons. The van der Waals surface area contributed by atoms with Crippen molar-refractivity contribution in [1.82, 2.24) is 5.32 Å². The molecule has 0 fully saturated rings. The molecule has 0 aromatic heterocycles. The summed E-state index contributed by atoms with van der Waals surface area (Å²) in [5.74, 6) is -0.129. The molecular formula is C15H14BrFN2O2. The zero-order valence-electron chi connectivity index (χ0n) is 11.3. The number of nitrogens with one attached hydrogen (secondary N) is 1. The zero-order chi connectivity index (χ0) is 15.4. The van der Waals surface area contributed by atoms with Gasteiger partial charge in [0.15, 0.2) is 0 Å². The minimum atomic E-state index is -0.351. The van der Waals surface area contributed by atoms with Crippen LogP contribution in [0.5, 0.6) is 5.75 Å². The number of carbonyl (C=O) groups excluding carboxylic acids is 1. The summed E-state index contributed by atoms with van der Waals surface area (Å²) >= 11 is 3.31. The second-order valence-electron chi connectivity index (χ2n) is 4.38. The van der Waals surface area contributed by atoms with Crippen LogP contribution < -0.4 is 15.8 Å². The van der Waals surface area contributed by atoms with Crippen molar-refractivity contribution in [3.63, 3.8) is 0 Å². The van der Waals surface area contributed by atoms with Gasteiger partial charge in [0.05, 0.1) is 12.8 Å². The maximum Gasteiger partial charge on any atom is 0.251 e. The van der Waals surface area contributed by atoms with Gasteiger partial charge in [0, 0.05) is 16.6 Å². The van der Waals surface area contributed by atoms with Gasteiger partial charge < -0.3 is 15.8 Å². The van der Waals surface area contributed by atoms with Gasteiger partial charge in [-0.05, 0) is 42.0 Å². The molecule has 6 heteroatoms. The van der Waals surface area contributed by atoms with Crippen LogP contribution in [0, 0.1) is 5.82 Å². The van der Waals surface area contributed by atoms with Crippen molar-refractivity contribution in [2.75, 3.05) is 12.8 Å². The Bertz CT molecular complexity index is 677. The van der Waals surface area contributed by atoms with E-state index < -0.39 is 0 Å². The Morgan fingerprint density at radius 3 is 2.76 bits per heavy atom. The van der Waals surface area contributed by atoms with Crippen LogP contribution in [0.1, 0.15) is 15.9 Å². The van der Waals surface area contributed by atoms with Gasteiger partial charge in [-0.2, -0.15) is 0 Å². The number of anilines is 1. The first-order chi connectivity index (χ1) is 10.0. The lowest BCUT2D eigenvalue weighted by molar-refractivity contribution is 0.0951. The molecule has 0 radical (unpaired) electrons. The Morgan fingerprint density at radius 2 is 2.10 bits per heavy atom. The molecule has 0 atom stereocenters. The van der Waals surface area contributed by atoms with Crippen LogP contribution in [0.4, 0.5) is 10.1 Å². The molecule has 2 rings (SSSR count). The number of nitrogens with two attached hydrogens (primary N) is 1. The van der Waals surface area contributed by atoms with Crippen molar-refractivity contribution in [1.29, 1.82) is 0 Å². The normalized spacial score (nSPS) is 10.2. The fourth-order valence-corrected chi connectivity index (χ4v) is 2.22. The van der Waals surface area contributed by atoms with E-state index in [4.69, 9.17) is 10.5 Å². The first kappa shape index (κ1) is 15.3. The SMILES string of the molecule is COc1ccc(C(=O)NCc2cc(F)ccc2Br)cc1N. The maximum atomic E-state index is 13.2. The number of rotatable bonds is 4. The van der Waals surface area contributed by atoms with Gasteiger partial charge in [-0.3, -0.25) is 4.79 Å². The Hall–Kier alpha value is -2.08. The summed E-state index contributed by atoms with van der Waals surface area (Å²) in [6.45, 7) is 0.211. The molecule has 0 unspecified atom stereocenters. The van der Waals surface area contributed by atoms with Gasteiger partial charge in [-0.15, -0.1) is 0 Å². The van der Waals surface area contributed by atoms with Gasteiger partial charge in [-0.1, -0.05) is 15.9 Å². The molecule has 0 aliphatic rings. The minimum Gasteiger partial charge on any atom is -0.495 e. The fraction of sp³-hybridized carbons (Fsp3) is 0.133. The van der Waals surface area contributed by atoms with Crippen LogP contribution in [0.2, 0.25) is 0 Å². The van der Waals surface area contributed by atoms with E-state index in [1.54, 1.807) is 18.2 Å². The van der Waals surface area contributed by atoms with Gasteiger partial charge >= 0.3 is 0 Å². The topological polar surface area (TPSA) is 64.3 Å². The van der Waals surface area contributed by atoms with Crippen LogP contribution >= 0.6 is 15.9 Å². The lowest BCUT2D eigenvalue weighted by Crippen LogP contribution is -2.23. The van der Waals surface area contributed by atoms with Crippen molar-refractivity contribution >= 4 is 27.5 Å². The summed E-state index contributed by atoms with van der Waals surface area (Å²) in [5.41, 5.74) is 7.22. The molecule has 0 spiro atoms. The molecule has 21 heavy (non-hydrogen) atoms. The number of carbonyl (C=O) groups is 1. The minimum absolute atomic E-state index is 0.211. The van der Waals surface area contributed by atoms with Crippen LogP contribution in [0.15, 0.2) is 40.9 Å². The number of benzene rings is 2. The van der Waals surface area contributed by atoms with Crippen LogP contribution in [-0.4, -0.2) is 13.0 Å². The predicted octanol–water partition coefficient (Wildman–Crippen LogP) is 3.11. The lowest BCUT2D eigenvalue weighted by atomic mass is 10.1. The van der Waals surface area contributed by atoms with E-state index in [0.29, 0.717) is 22.6 Å². The van der Waals surface area contributed by atoms with E-state index in [0.717, 1.165) is 4.47 Å². The first-order valence-electron chi connectivity index (χ1n) is 6.17. The predicted molar refractivity (Wildman–Crippen MR) is 82.7 cm³/mol. The van der Waals surface area contributed by atoms with Crippen molar-refractivity contribution in [3.05, 3.63) is 57.8 Å². The molecule has 4 nitrogen and oxygen atoms in total. The first-order valence-corrected chi connectivity index (χ1v) is 6.96. The summed E-state index contributed by atoms with van der Waals surface area (Å²) in [6.07, 6.45) is 0. The van der Waals surface area contributed by atoms with Crippen molar-refractivity contribution < 1.29 is 13.9 Å². The number of methoxy groups -OCH3 is 1. The van der Waals surface area contributed by atoms with E-state index in [2.05, 4.69) is 21.2 Å². The van der Waals surface area contributed by atoms with E-state index >= 15 is 0 Å². The zero-order valence-corrected chi connectivity index (χ0v) is 12.9. The van der Waals surface area contributed by atoms with E-state index in [9.17, 15) is 9.18 Å². The van der Waals surface area contributed by atoms with E-state index in [1.165, 1.54) is 25.3 Å². The fourth-order valence-electron chi connectivity index (χ4n) is 1.83. The average molecular weight is 353 g/mol. The highest BCUT2D eigenvalue weighted by Crippen LogP contribution is 2.22. The third-order valence-electron chi connectivity index (χ3n) is 2.94. The average Bonchev–Trinajstić information content (AvgIpc) is 2.47. The van der Waals surface area contributed by atoms with Crippen molar-refractivity contribution in [2.24, 2.45) is 0 Å². The molecule has 0 heterocycles. The summed E-state index contributed by atoms with van der Waals surface area (Å²) in [4.78, 5) is 12.0. The molecule has 0 saturated heterocycles. The standard InChI is InChI=1S/C15H14BrFN2O2/c1-21-14-5-2-9(7-13(14)18)15(20)19-8-10-6-11(17)3-4-12(10)16/h2-7H,8,18H2,1H3,(H,19,20). The Kier molecular flexibility index (Phi) is 4.80. The summed E-state index contributed by atoms with van der Waals surface area (Å²) in [5, 5.41) is 2.72. The Morgan fingerprint density at radius 1 is 1.33 bits per heavy atom. The second-order valence-corrected chi connectivity index (χ2v) is 5.23. The van der Waals surface area contributed by atoms with Gasteiger partial charge in [0.1, 0.15) is 11.6 Å². The van der Waals surface area contributed by atoms with Crippen molar-refractivity contribution in [3.8, 4) is 5.75 Å². The van der Waals surface area contributed by atoms with Crippen LogP contribution in [-0.2, 0) is 6.54 Å². The largest absolute Gasteiger partial charge is 0.495 e. The number of halogens is 2. The molecule has 0 aliphatic heterocycles. The molecule has 2 aromatic carbocycles. The third-order valence-corrected chi connectivity index (χ3v) is 3.71. The third kappa shape index (κ3) is 3.72. The molecular weight excluding hydrogens is 339 g/mol.